The van der Waals surface area contributed by atoms with Gasteiger partial charge in [0.1, 0.15) is 6.10 Å². The zero-order valence-electron chi connectivity index (χ0n) is 18.9. The smallest absolute Gasteiger partial charge is 0.295 e. The van der Waals surface area contributed by atoms with Crippen LogP contribution >= 0.6 is 11.6 Å². The predicted octanol–water partition coefficient (Wildman–Crippen LogP) is 6.64. The molecule has 5 nitrogen and oxygen atoms in total. The summed E-state index contributed by atoms with van der Waals surface area (Å²) in [5, 5.41) is 3.14. The summed E-state index contributed by atoms with van der Waals surface area (Å²) in [7, 11) is 0. The van der Waals surface area contributed by atoms with Gasteiger partial charge in [-0.3, -0.25) is 0 Å². The van der Waals surface area contributed by atoms with Gasteiger partial charge in [-0.2, -0.15) is 4.98 Å². The minimum Gasteiger partial charge on any atom is -0.456 e. The van der Waals surface area contributed by atoms with Crippen LogP contribution in [0.25, 0.3) is 44.1 Å². The van der Waals surface area contributed by atoms with Crippen molar-refractivity contribution >= 4 is 33.4 Å². The van der Waals surface area contributed by atoms with Crippen molar-refractivity contribution in [1.29, 1.82) is 0 Å². The summed E-state index contributed by atoms with van der Waals surface area (Å²) in [5.41, 5.74) is 5.97. The molecule has 2 aliphatic heterocycles. The molecule has 0 aliphatic carbocycles. The average Bonchev–Trinajstić information content (AvgIpc) is 3.60. The summed E-state index contributed by atoms with van der Waals surface area (Å²) >= 11 is 6.68. The van der Waals surface area contributed by atoms with Crippen LogP contribution in [-0.2, 0) is 9.47 Å². The number of aromatic nitrogens is 2. The second-order valence-electron chi connectivity index (χ2n) is 9.18. The molecule has 35 heavy (non-hydrogen) atoms. The minimum atomic E-state index is -0.152. The van der Waals surface area contributed by atoms with Crippen LogP contribution < -0.4 is 4.74 Å². The lowest BCUT2D eigenvalue weighted by atomic mass is 9.98. The normalized spacial score (nSPS) is 21.6. The standard InChI is InChI=1S/C29H23ClN2O3/c30-23-15-25-24(31-29(32-25)35-27-16-34-26-11-12-33-28(26)27)14-22(23)19-8-5-18(6-9-19)21-10-7-17-3-1-2-4-20(17)13-21/h1-10,13-15,26-28H,11-12,16H2,(H,31,32)/t26-,27?,28+/m1/s1. The van der Waals surface area contributed by atoms with Crippen molar-refractivity contribution < 1.29 is 14.2 Å². The molecule has 0 amide bonds. The largest absolute Gasteiger partial charge is 0.456 e. The van der Waals surface area contributed by atoms with Crippen LogP contribution in [0.3, 0.4) is 0 Å². The number of aromatic amines is 1. The Balaban J connectivity index is 1.16. The van der Waals surface area contributed by atoms with Gasteiger partial charge in [-0.25, -0.2) is 0 Å². The Labute approximate surface area is 207 Å². The zero-order chi connectivity index (χ0) is 23.4. The number of H-pyrrole nitrogens is 1. The van der Waals surface area contributed by atoms with Gasteiger partial charge < -0.3 is 19.2 Å². The van der Waals surface area contributed by atoms with Crippen LogP contribution in [0.2, 0.25) is 5.02 Å². The Morgan fingerprint density at radius 3 is 2.54 bits per heavy atom. The second-order valence-corrected chi connectivity index (χ2v) is 9.59. The number of ether oxygens (including phenoxy) is 3. The highest BCUT2D eigenvalue weighted by atomic mass is 35.5. The maximum absolute atomic E-state index is 6.68. The molecule has 7 rings (SSSR count). The molecule has 3 heterocycles. The molecule has 0 spiro atoms. The van der Waals surface area contributed by atoms with Gasteiger partial charge in [0.05, 0.1) is 28.8 Å². The number of nitrogens with zero attached hydrogens (tertiary/aromatic N) is 1. The van der Waals surface area contributed by atoms with E-state index in [9.17, 15) is 0 Å². The first-order valence-electron chi connectivity index (χ1n) is 11.9. The first-order chi connectivity index (χ1) is 17.2. The van der Waals surface area contributed by atoms with Gasteiger partial charge in [0.25, 0.3) is 6.01 Å². The number of hydrogen-bond acceptors (Lipinski definition) is 4. The van der Waals surface area contributed by atoms with Gasteiger partial charge >= 0.3 is 0 Å². The summed E-state index contributed by atoms with van der Waals surface area (Å²) < 4.78 is 17.7. The first kappa shape index (κ1) is 20.9. The van der Waals surface area contributed by atoms with Crippen molar-refractivity contribution in [2.24, 2.45) is 0 Å². The molecule has 2 aliphatic rings. The van der Waals surface area contributed by atoms with Gasteiger partial charge in [-0.05, 0) is 52.1 Å². The fourth-order valence-corrected chi connectivity index (χ4v) is 5.44. The third-order valence-electron chi connectivity index (χ3n) is 7.01. The quantitative estimate of drug-likeness (QED) is 0.312. The van der Waals surface area contributed by atoms with Gasteiger partial charge in [-0.15, -0.1) is 0 Å². The van der Waals surface area contributed by atoms with E-state index < -0.39 is 0 Å². The average molecular weight is 483 g/mol. The number of halogens is 1. The number of hydrogen-bond donors (Lipinski definition) is 1. The molecule has 3 atom stereocenters. The molecule has 1 aromatic heterocycles. The fraction of sp³-hybridized carbons (Fsp3) is 0.207. The van der Waals surface area contributed by atoms with E-state index in [1.807, 2.05) is 12.1 Å². The molecule has 0 radical (unpaired) electrons. The molecule has 1 N–H and O–H groups in total. The van der Waals surface area contributed by atoms with E-state index in [2.05, 4.69) is 76.7 Å². The van der Waals surface area contributed by atoms with E-state index in [1.54, 1.807) is 0 Å². The monoisotopic (exact) mass is 482 g/mol. The maximum Gasteiger partial charge on any atom is 0.295 e. The van der Waals surface area contributed by atoms with Crippen molar-refractivity contribution in [1.82, 2.24) is 9.97 Å². The van der Waals surface area contributed by atoms with Crippen LogP contribution in [0, 0.1) is 0 Å². The van der Waals surface area contributed by atoms with E-state index in [0.29, 0.717) is 24.2 Å². The molecule has 0 saturated carbocycles. The van der Waals surface area contributed by atoms with E-state index in [4.69, 9.17) is 25.8 Å². The Bertz CT molecular complexity index is 1550. The fourth-order valence-electron chi connectivity index (χ4n) is 5.17. The number of benzene rings is 4. The van der Waals surface area contributed by atoms with E-state index in [1.165, 1.54) is 21.9 Å². The molecule has 2 saturated heterocycles. The van der Waals surface area contributed by atoms with E-state index in [0.717, 1.165) is 28.6 Å². The lowest BCUT2D eigenvalue weighted by molar-refractivity contribution is 0.0273. The highest BCUT2D eigenvalue weighted by molar-refractivity contribution is 6.34. The van der Waals surface area contributed by atoms with Gasteiger partial charge in [0.15, 0.2) is 6.10 Å². The highest BCUT2D eigenvalue weighted by Crippen LogP contribution is 2.35. The third-order valence-corrected chi connectivity index (χ3v) is 7.32. The summed E-state index contributed by atoms with van der Waals surface area (Å²) in [4.78, 5) is 7.90. The molecule has 5 aromatic rings. The molecule has 0 bridgehead atoms. The predicted molar refractivity (Wildman–Crippen MR) is 138 cm³/mol. The topological polar surface area (TPSA) is 56.4 Å². The number of rotatable bonds is 4. The summed E-state index contributed by atoms with van der Waals surface area (Å²) in [6.45, 7) is 1.23. The molecule has 1 unspecified atom stereocenters. The molecule has 6 heteroatoms. The highest BCUT2D eigenvalue weighted by Gasteiger charge is 2.43. The van der Waals surface area contributed by atoms with Crippen LogP contribution in [-0.4, -0.2) is 41.5 Å². The Morgan fingerprint density at radius 1 is 0.857 bits per heavy atom. The molecule has 174 valence electrons. The Morgan fingerprint density at radius 2 is 1.66 bits per heavy atom. The minimum absolute atomic E-state index is 0.0246. The molecule has 4 aromatic carbocycles. The zero-order valence-corrected chi connectivity index (χ0v) is 19.7. The van der Waals surface area contributed by atoms with Gasteiger partial charge in [0.2, 0.25) is 0 Å². The van der Waals surface area contributed by atoms with E-state index >= 15 is 0 Å². The lowest BCUT2D eigenvalue weighted by Crippen LogP contribution is -2.32. The molecular weight excluding hydrogens is 460 g/mol. The summed E-state index contributed by atoms with van der Waals surface area (Å²) in [6, 6.07) is 27.8. The Kier molecular flexibility index (Phi) is 5.02. The summed E-state index contributed by atoms with van der Waals surface area (Å²) in [5.74, 6) is 0. The number of fused-ring (bicyclic) bond motifs is 3. The van der Waals surface area contributed by atoms with Crippen LogP contribution in [0.1, 0.15) is 6.42 Å². The van der Waals surface area contributed by atoms with Crippen LogP contribution in [0.5, 0.6) is 6.01 Å². The maximum atomic E-state index is 6.68. The third kappa shape index (κ3) is 3.76. The molecular formula is C29H23ClN2O3. The molecule has 2 fully saturated rings. The van der Waals surface area contributed by atoms with Crippen molar-refractivity contribution in [2.75, 3.05) is 13.2 Å². The van der Waals surface area contributed by atoms with Crippen molar-refractivity contribution in [3.8, 4) is 28.3 Å². The number of imidazole rings is 1. The van der Waals surface area contributed by atoms with Crippen LogP contribution in [0.15, 0.2) is 78.9 Å². The summed E-state index contributed by atoms with van der Waals surface area (Å²) in [6.07, 6.45) is 0.871. The number of nitrogens with one attached hydrogen (secondary N) is 1. The van der Waals surface area contributed by atoms with Gasteiger partial charge in [0, 0.05) is 12.2 Å². The van der Waals surface area contributed by atoms with Crippen LogP contribution in [0.4, 0.5) is 0 Å². The van der Waals surface area contributed by atoms with Crippen molar-refractivity contribution in [3.63, 3.8) is 0 Å². The lowest BCUT2D eigenvalue weighted by Gasteiger charge is -2.15. The van der Waals surface area contributed by atoms with Gasteiger partial charge in [-0.1, -0.05) is 72.3 Å². The Hall–Kier alpha value is -3.38. The van der Waals surface area contributed by atoms with Crippen molar-refractivity contribution in [2.45, 2.75) is 24.7 Å². The second kappa shape index (κ2) is 8.38. The van der Waals surface area contributed by atoms with Crippen molar-refractivity contribution in [3.05, 3.63) is 83.9 Å². The first-order valence-corrected chi connectivity index (χ1v) is 12.3. The van der Waals surface area contributed by atoms with E-state index in [-0.39, 0.29) is 18.3 Å². The SMILES string of the molecule is Clc1cc2[nH]c(OC3CO[C@@H]4CCO[C@H]34)nc2cc1-c1ccc(-c2ccc3ccccc3c2)cc1.